The van der Waals surface area contributed by atoms with Gasteiger partial charge in [-0.3, -0.25) is 0 Å². The van der Waals surface area contributed by atoms with Crippen molar-refractivity contribution < 1.29 is 28.5 Å². The summed E-state index contributed by atoms with van der Waals surface area (Å²) in [6, 6.07) is 11.9. The van der Waals surface area contributed by atoms with Crippen LogP contribution in [0, 0.1) is 11.3 Å². The number of carbonyl (C=O) groups excluding carboxylic acids is 2. The van der Waals surface area contributed by atoms with Crippen LogP contribution < -0.4 is 14.2 Å². The molecule has 3 rings (SSSR count). The summed E-state index contributed by atoms with van der Waals surface area (Å²) in [5.41, 5.74) is 0.353. The van der Waals surface area contributed by atoms with Crippen molar-refractivity contribution in [3.05, 3.63) is 57.4 Å². The second kappa shape index (κ2) is 10.9. The van der Waals surface area contributed by atoms with Gasteiger partial charge in [-0.25, -0.2) is 9.59 Å². The number of nitrogens with zero attached hydrogens (tertiary/aromatic N) is 1. The highest BCUT2D eigenvalue weighted by atomic mass is 35.5. The van der Waals surface area contributed by atoms with E-state index in [2.05, 4.69) is 0 Å². The molecule has 0 spiro atoms. The molecule has 3 aromatic rings. The molecular weight excluding hydrogens is 466 g/mol. The number of carbonyl (C=O) groups is 2. The Bertz CT molecular complexity index is 1270. The second-order valence-corrected chi connectivity index (χ2v) is 7.96. The molecule has 0 aliphatic heterocycles. The topological polar surface area (TPSA) is 94.9 Å². The SMILES string of the molecule is CCOC(=O)/C(C#N)=C/c1ccc(OC(=O)c2sc3ccc(OC)cc3c2Cl)c(OCC)c1. The van der Waals surface area contributed by atoms with Gasteiger partial charge in [-0.15, -0.1) is 11.3 Å². The van der Waals surface area contributed by atoms with E-state index in [-0.39, 0.29) is 33.6 Å². The van der Waals surface area contributed by atoms with E-state index < -0.39 is 11.9 Å². The van der Waals surface area contributed by atoms with Gasteiger partial charge in [0.1, 0.15) is 22.3 Å². The fraction of sp³-hybridized carbons (Fsp3) is 0.208. The van der Waals surface area contributed by atoms with Crippen molar-refractivity contribution in [3.8, 4) is 23.3 Å². The van der Waals surface area contributed by atoms with Gasteiger partial charge in [-0.1, -0.05) is 17.7 Å². The van der Waals surface area contributed by atoms with Crippen LogP contribution in [0.15, 0.2) is 42.0 Å². The van der Waals surface area contributed by atoms with Gasteiger partial charge in [0, 0.05) is 10.1 Å². The lowest BCUT2D eigenvalue weighted by molar-refractivity contribution is -0.137. The molecule has 170 valence electrons. The number of methoxy groups -OCH3 is 1. The van der Waals surface area contributed by atoms with Crippen LogP contribution >= 0.6 is 22.9 Å². The molecule has 0 atom stereocenters. The second-order valence-electron chi connectivity index (χ2n) is 6.53. The maximum atomic E-state index is 12.9. The molecule has 1 aromatic heterocycles. The van der Waals surface area contributed by atoms with E-state index in [9.17, 15) is 14.9 Å². The molecule has 0 fully saturated rings. The molecule has 0 saturated carbocycles. The standard InChI is InChI=1S/C24H20ClNO6S/c1-4-30-19-11-14(10-15(13-26)23(27)31-5-2)6-8-18(19)32-24(28)22-21(25)17-12-16(29-3)7-9-20(17)33-22/h6-12H,4-5H2,1-3H3/b15-10+. The fourth-order valence-corrected chi connectivity index (χ4v) is 4.29. The molecule has 0 aliphatic carbocycles. The van der Waals surface area contributed by atoms with Crippen LogP contribution in [0.4, 0.5) is 0 Å². The summed E-state index contributed by atoms with van der Waals surface area (Å²) in [6.07, 6.45) is 1.38. The number of benzene rings is 2. The van der Waals surface area contributed by atoms with E-state index in [1.165, 1.54) is 23.5 Å². The zero-order chi connectivity index (χ0) is 24.0. The number of hydrogen-bond donors (Lipinski definition) is 0. The third-order valence-corrected chi connectivity index (χ3v) is 6.07. The van der Waals surface area contributed by atoms with Crippen LogP contribution in [-0.2, 0) is 9.53 Å². The van der Waals surface area contributed by atoms with E-state index in [4.69, 9.17) is 30.5 Å². The predicted molar refractivity (Wildman–Crippen MR) is 126 cm³/mol. The zero-order valence-corrected chi connectivity index (χ0v) is 19.7. The van der Waals surface area contributed by atoms with Gasteiger partial charge in [0.05, 0.1) is 25.3 Å². The van der Waals surface area contributed by atoms with Crippen molar-refractivity contribution in [3.63, 3.8) is 0 Å². The first kappa shape index (κ1) is 24.1. The van der Waals surface area contributed by atoms with Gasteiger partial charge in [0.15, 0.2) is 11.5 Å². The number of esters is 2. The smallest absolute Gasteiger partial charge is 0.355 e. The Kier molecular flexibility index (Phi) is 7.93. The Morgan fingerprint density at radius 1 is 1.12 bits per heavy atom. The Labute approximate surface area is 199 Å². The van der Waals surface area contributed by atoms with Gasteiger partial charge in [-0.05, 0) is 55.8 Å². The molecule has 0 amide bonds. The minimum Gasteiger partial charge on any atom is -0.497 e. The van der Waals surface area contributed by atoms with Gasteiger partial charge in [0.2, 0.25) is 0 Å². The van der Waals surface area contributed by atoms with Crippen molar-refractivity contribution in [2.45, 2.75) is 13.8 Å². The lowest BCUT2D eigenvalue weighted by atomic mass is 10.1. The van der Waals surface area contributed by atoms with Crippen LogP contribution in [0.1, 0.15) is 29.1 Å². The van der Waals surface area contributed by atoms with Crippen molar-refractivity contribution in [2.24, 2.45) is 0 Å². The van der Waals surface area contributed by atoms with E-state index in [0.29, 0.717) is 23.3 Å². The van der Waals surface area contributed by atoms with Crippen LogP contribution in [0.25, 0.3) is 16.2 Å². The molecule has 0 radical (unpaired) electrons. The molecule has 33 heavy (non-hydrogen) atoms. The van der Waals surface area contributed by atoms with Crippen molar-refractivity contribution in [2.75, 3.05) is 20.3 Å². The summed E-state index contributed by atoms with van der Waals surface area (Å²) in [7, 11) is 1.55. The van der Waals surface area contributed by atoms with Gasteiger partial charge in [0.25, 0.3) is 0 Å². The highest BCUT2D eigenvalue weighted by Gasteiger charge is 2.21. The summed E-state index contributed by atoms with van der Waals surface area (Å²) in [6.45, 7) is 3.90. The van der Waals surface area contributed by atoms with Gasteiger partial charge < -0.3 is 18.9 Å². The Morgan fingerprint density at radius 3 is 2.58 bits per heavy atom. The average Bonchev–Trinajstić information content (AvgIpc) is 3.15. The molecule has 1 heterocycles. The summed E-state index contributed by atoms with van der Waals surface area (Å²) in [5, 5.41) is 10.2. The maximum Gasteiger partial charge on any atom is 0.355 e. The average molecular weight is 486 g/mol. The van der Waals surface area contributed by atoms with E-state index in [0.717, 1.165) is 4.70 Å². The van der Waals surface area contributed by atoms with E-state index >= 15 is 0 Å². The van der Waals surface area contributed by atoms with Gasteiger partial charge >= 0.3 is 11.9 Å². The van der Waals surface area contributed by atoms with Crippen molar-refractivity contribution >= 4 is 51.0 Å². The minimum atomic E-state index is -0.718. The number of fused-ring (bicyclic) bond motifs is 1. The highest BCUT2D eigenvalue weighted by molar-refractivity contribution is 7.21. The highest BCUT2D eigenvalue weighted by Crippen LogP contribution is 2.39. The van der Waals surface area contributed by atoms with Crippen LogP contribution in [0.2, 0.25) is 5.02 Å². The maximum absolute atomic E-state index is 12.9. The van der Waals surface area contributed by atoms with Crippen LogP contribution in [0.5, 0.6) is 17.2 Å². The molecule has 0 unspecified atom stereocenters. The first-order valence-electron chi connectivity index (χ1n) is 9.95. The van der Waals surface area contributed by atoms with Crippen molar-refractivity contribution in [1.29, 1.82) is 5.26 Å². The monoisotopic (exact) mass is 485 g/mol. The lowest BCUT2D eigenvalue weighted by Gasteiger charge is -2.11. The molecule has 0 aliphatic rings. The van der Waals surface area contributed by atoms with Crippen LogP contribution in [-0.4, -0.2) is 32.3 Å². The normalized spacial score (nSPS) is 11.1. The Hall–Kier alpha value is -3.54. The van der Waals surface area contributed by atoms with E-state index in [1.54, 1.807) is 45.2 Å². The first-order chi connectivity index (χ1) is 15.9. The number of rotatable bonds is 8. The van der Waals surface area contributed by atoms with Gasteiger partial charge in [-0.2, -0.15) is 5.26 Å². The Morgan fingerprint density at radius 2 is 1.91 bits per heavy atom. The molecule has 0 bridgehead atoms. The zero-order valence-electron chi connectivity index (χ0n) is 18.1. The quantitative estimate of drug-likeness (QED) is 0.176. The third-order valence-electron chi connectivity index (χ3n) is 4.42. The van der Waals surface area contributed by atoms with Crippen LogP contribution in [0.3, 0.4) is 0 Å². The number of thiophene rings is 1. The predicted octanol–water partition coefficient (Wildman–Crippen LogP) is 5.65. The van der Waals surface area contributed by atoms with E-state index in [1.807, 2.05) is 12.1 Å². The fourth-order valence-electron chi connectivity index (χ4n) is 2.93. The number of hydrogen-bond acceptors (Lipinski definition) is 8. The summed E-state index contributed by atoms with van der Waals surface area (Å²) < 4.78 is 22.1. The minimum absolute atomic E-state index is 0.156. The summed E-state index contributed by atoms with van der Waals surface area (Å²) in [4.78, 5) is 25.0. The number of ether oxygens (including phenoxy) is 4. The number of halogens is 1. The largest absolute Gasteiger partial charge is 0.497 e. The molecule has 0 saturated heterocycles. The molecule has 0 N–H and O–H groups in total. The third kappa shape index (κ3) is 5.45. The summed E-state index contributed by atoms with van der Waals surface area (Å²) in [5.74, 6) is -0.263. The molecule has 7 nitrogen and oxygen atoms in total. The molecular formula is C24H20ClNO6S. The Balaban J connectivity index is 1.91. The molecule has 9 heteroatoms. The summed E-state index contributed by atoms with van der Waals surface area (Å²) >= 11 is 7.65. The molecule has 2 aromatic carbocycles. The lowest BCUT2D eigenvalue weighted by Crippen LogP contribution is -2.09. The van der Waals surface area contributed by atoms with Crippen molar-refractivity contribution in [1.82, 2.24) is 0 Å². The number of nitriles is 1. The first-order valence-corrected chi connectivity index (χ1v) is 11.1.